The molecular formula is C22H28N2O3S. The van der Waals surface area contributed by atoms with Crippen LogP contribution >= 0.6 is 0 Å². The number of rotatable bonds is 5. The first kappa shape index (κ1) is 20.6. The van der Waals surface area contributed by atoms with E-state index < -0.39 is 10.0 Å². The molecule has 0 atom stereocenters. The number of carbonyl (C=O) groups is 1. The van der Waals surface area contributed by atoms with Crippen molar-refractivity contribution in [3.63, 3.8) is 0 Å². The number of nitrogens with zero attached hydrogens (tertiary/aromatic N) is 1. The number of sulfonamides is 1. The summed E-state index contributed by atoms with van der Waals surface area (Å²) in [5.41, 5.74) is 5.24. The van der Waals surface area contributed by atoms with Crippen LogP contribution < -0.4 is 5.32 Å². The summed E-state index contributed by atoms with van der Waals surface area (Å²) in [6.45, 7) is 7.20. The van der Waals surface area contributed by atoms with E-state index in [1.54, 1.807) is 28.6 Å². The monoisotopic (exact) mass is 400 g/mol. The van der Waals surface area contributed by atoms with Crippen LogP contribution in [-0.4, -0.2) is 31.7 Å². The number of nitrogens with one attached hydrogen (secondary N) is 1. The van der Waals surface area contributed by atoms with Gasteiger partial charge in [-0.15, -0.1) is 0 Å². The molecule has 0 spiro atoms. The maximum atomic E-state index is 12.6. The Balaban J connectivity index is 1.69. The number of hydrogen-bond acceptors (Lipinski definition) is 3. The molecule has 0 bridgehead atoms. The zero-order valence-corrected chi connectivity index (χ0v) is 17.6. The summed E-state index contributed by atoms with van der Waals surface area (Å²) in [4.78, 5) is 12.6. The number of carbonyl (C=O) groups excluding carboxylic acids is 1. The first-order valence-corrected chi connectivity index (χ1v) is 11.3. The van der Waals surface area contributed by atoms with Crippen molar-refractivity contribution in [2.45, 2.75) is 45.8 Å². The van der Waals surface area contributed by atoms with Crippen molar-refractivity contribution in [1.29, 1.82) is 0 Å². The first-order chi connectivity index (χ1) is 13.3. The molecular weight excluding hydrogens is 372 g/mol. The molecule has 1 fully saturated rings. The molecule has 3 rings (SSSR count). The van der Waals surface area contributed by atoms with Gasteiger partial charge in [-0.1, -0.05) is 36.2 Å². The van der Waals surface area contributed by atoms with Crippen LogP contribution in [0.2, 0.25) is 0 Å². The number of aryl methyl sites for hydroxylation is 3. The highest BCUT2D eigenvalue weighted by atomic mass is 32.2. The van der Waals surface area contributed by atoms with Gasteiger partial charge in [-0.3, -0.25) is 4.79 Å². The molecule has 1 N–H and O–H groups in total. The SMILES string of the molecule is Cc1cc(C)c(NC(=O)c2ccc(CS(=O)(=O)N3CCCCC3)cc2)c(C)c1. The number of hydrogen-bond donors (Lipinski definition) is 1. The van der Waals surface area contributed by atoms with Crippen LogP contribution in [0.1, 0.15) is 51.9 Å². The van der Waals surface area contributed by atoms with Crippen LogP contribution in [0.4, 0.5) is 5.69 Å². The van der Waals surface area contributed by atoms with Crippen LogP contribution in [0.5, 0.6) is 0 Å². The summed E-state index contributed by atoms with van der Waals surface area (Å²) in [5.74, 6) is -0.217. The van der Waals surface area contributed by atoms with Crippen LogP contribution in [0.15, 0.2) is 36.4 Å². The number of anilines is 1. The molecule has 150 valence electrons. The quantitative estimate of drug-likeness (QED) is 0.819. The lowest BCUT2D eigenvalue weighted by atomic mass is 10.0. The van der Waals surface area contributed by atoms with Crippen LogP contribution in [0.3, 0.4) is 0 Å². The Kier molecular flexibility index (Phi) is 6.20. The Labute approximate surface area is 167 Å². The third-order valence-corrected chi connectivity index (χ3v) is 7.04. The van der Waals surface area contributed by atoms with Crippen molar-refractivity contribution in [2.24, 2.45) is 0 Å². The molecule has 1 aliphatic heterocycles. The van der Waals surface area contributed by atoms with E-state index in [0.29, 0.717) is 24.2 Å². The third kappa shape index (κ3) is 4.80. The van der Waals surface area contributed by atoms with Crippen molar-refractivity contribution < 1.29 is 13.2 Å². The van der Waals surface area contributed by atoms with Gasteiger partial charge in [0, 0.05) is 24.3 Å². The predicted octanol–water partition coefficient (Wildman–Crippen LogP) is 4.18. The smallest absolute Gasteiger partial charge is 0.255 e. The molecule has 1 amide bonds. The highest BCUT2D eigenvalue weighted by Gasteiger charge is 2.24. The van der Waals surface area contributed by atoms with Gasteiger partial charge in [-0.05, 0) is 62.4 Å². The van der Waals surface area contributed by atoms with Crippen molar-refractivity contribution in [3.8, 4) is 0 Å². The van der Waals surface area contributed by atoms with Gasteiger partial charge < -0.3 is 5.32 Å². The summed E-state index contributed by atoms with van der Waals surface area (Å²) >= 11 is 0. The van der Waals surface area contributed by atoms with E-state index in [0.717, 1.165) is 41.6 Å². The van der Waals surface area contributed by atoms with Gasteiger partial charge >= 0.3 is 0 Å². The Morgan fingerprint density at radius 1 is 0.964 bits per heavy atom. The molecule has 0 radical (unpaired) electrons. The molecule has 1 aliphatic rings. The zero-order valence-electron chi connectivity index (χ0n) is 16.8. The lowest BCUT2D eigenvalue weighted by Gasteiger charge is -2.25. The normalized spacial score (nSPS) is 15.4. The van der Waals surface area contributed by atoms with Gasteiger partial charge in [0.05, 0.1) is 5.75 Å². The van der Waals surface area contributed by atoms with Crippen LogP contribution in [0.25, 0.3) is 0 Å². The van der Waals surface area contributed by atoms with Crippen molar-refractivity contribution in [2.75, 3.05) is 18.4 Å². The number of amides is 1. The number of benzene rings is 2. The van der Waals surface area contributed by atoms with Crippen LogP contribution in [0, 0.1) is 20.8 Å². The van der Waals surface area contributed by atoms with E-state index in [-0.39, 0.29) is 11.7 Å². The molecule has 2 aromatic carbocycles. The summed E-state index contributed by atoms with van der Waals surface area (Å²) in [5, 5.41) is 2.98. The van der Waals surface area contributed by atoms with Crippen LogP contribution in [-0.2, 0) is 15.8 Å². The van der Waals surface area contributed by atoms with E-state index >= 15 is 0 Å². The molecule has 0 unspecified atom stereocenters. The second-order valence-electron chi connectivity index (χ2n) is 7.64. The minimum Gasteiger partial charge on any atom is -0.322 e. The van der Waals surface area contributed by atoms with Crippen molar-refractivity contribution in [3.05, 3.63) is 64.2 Å². The average molecular weight is 401 g/mol. The molecule has 1 heterocycles. The van der Waals surface area contributed by atoms with Gasteiger partial charge in [0.15, 0.2) is 0 Å². The highest BCUT2D eigenvalue weighted by Crippen LogP contribution is 2.23. The fourth-order valence-electron chi connectivity index (χ4n) is 3.76. The van der Waals surface area contributed by atoms with E-state index in [2.05, 4.69) is 5.32 Å². The first-order valence-electron chi connectivity index (χ1n) is 9.72. The molecule has 1 saturated heterocycles. The molecule has 28 heavy (non-hydrogen) atoms. The topological polar surface area (TPSA) is 66.5 Å². The summed E-state index contributed by atoms with van der Waals surface area (Å²) in [7, 11) is -3.30. The lowest BCUT2D eigenvalue weighted by molar-refractivity contribution is 0.102. The van der Waals surface area contributed by atoms with Gasteiger partial charge in [0.1, 0.15) is 0 Å². The summed E-state index contributed by atoms with van der Waals surface area (Å²) in [6, 6.07) is 10.9. The fraction of sp³-hybridized carbons (Fsp3) is 0.409. The largest absolute Gasteiger partial charge is 0.322 e. The average Bonchev–Trinajstić information content (AvgIpc) is 2.65. The molecule has 0 saturated carbocycles. The van der Waals surface area contributed by atoms with E-state index in [9.17, 15) is 13.2 Å². The summed E-state index contributed by atoms with van der Waals surface area (Å²) in [6.07, 6.45) is 2.95. The third-order valence-electron chi connectivity index (χ3n) is 5.19. The second kappa shape index (κ2) is 8.45. The maximum absolute atomic E-state index is 12.6. The van der Waals surface area contributed by atoms with Gasteiger partial charge in [-0.25, -0.2) is 12.7 Å². The van der Waals surface area contributed by atoms with E-state index in [1.807, 2.05) is 32.9 Å². The maximum Gasteiger partial charge on any atom is 0.255 e. The van der Waals surface area contributed by atoms with E-state index in [4.69, 9.17) is 0 Å². The standard InChI is InChI=1S/C22H28N2O3S/c1-16-13-17(2)21(18(3)14-16)23-22(25)20-9-7-19(8-10-20)15-28(26,27)24-11-5-4-6-12-24/h7-10,13-14H,4-6,11-12,15H2,1-3H3,(H,23,25). The highest BCUT2D eigenvalue weighted by molar-refractivity contribution is 7.88. The lowest BCUT2D eigenvalue weighted by Crippen LogP contribution is -2.36. The molecule has 0 aliphatic carbocycles. The molecule has 2 aromatic rings. The van der Waals surface area contributed by atoms with Crippen molar-refractivity contribution >= 4 is 21.6 Å². The Morgan fingerprint density at radius 3 is 2.11 bits per heavy atom. The summed E-state index contributed by atoms with van der Waals surface area (Å²) < 4.78 is 26.7. The minimum absolute atomic E-state index is 0.0227. The van der Waals surface area contributed by atoms with Gasteiger partial charge in [0.2, 0.25) is 10.0 Å². The zero-order chi connectivity index (χ0) is 20.3. The van der Waals surface area contributed by atoms with E-state index in [1.165, 1.54) is 0 Å². The van der Waals surface area contributed by atoms with Gasteiger partial charge in [0.25, 0.3) is 5.91 Å². The second-order valence-corrected chi connectivity index (χ2v) is 9.61. The minimum atomic E-state index is -3.30. The number of piperidine rings is 1. The molecule has 6 heteroatoms. The predicted molar refractivity (Wildman–Crippen MR) is 113 cm³/mol. The fourth-order valence-corrected chi connectivity index (χ4v) is 5.37. The Hall–Kier alpha value is -2.18. The van der Waals surface area contributed by atoms with Crippen molar-refractivity contribution in [1.82, 2.24) is 4.31 Å². The molecule has 0 aromatic heterocycles. The Bertz CT molecular complexity index is 937. The van der Waals surface area contributed by atoms with Gasteiger partial charge in [-0.2, -0.15) is 0 Å². The molecule has 5 nitrogen and oxygen atoms in total. The Morgan fingerprint density at radius 2 is 1.54 bits per heavy atom.